The predicted molar refractivity (Wildman–Crippen MR) is 60.8 cm³/mol. The molecule has 0 aliphatic rings. The van der Waals surface area contributed by atoms with Crippen molar-refractivity contribution in [2.45, 2.75) is 33.3 Å². The topological polar surface area (TPSA) is 41.8 Å². The van der Waals surface area contributed by atoms with E-state index in [4.69, 9.17) is 9.94 Å². The summed E-state index contributed by atoms with van der Waals surface area (Å²) in [6.07, 6.45) is 1.11. The van der Waals surface area contributed by atoms with Crippen molar-refractivity contribution in [1.82, 2.24) is 0 Å². The fourth-order valence-corrected chi connectivity index (χ4v) is 1.22. The van der Waals surface area contributed by atoms with Gasteiger partial charge in [-0.05, 0) is 32.4 Å². The second-order valence-corrected chi connectivity index (χ2v) is 3.52. The molecule has 0 fully saturated rings. The van der Waals surface area contributed by atoms with Gasteiger partial charge in [-0.1, -0.05) is 24.2 Å². The van der Waals surface area contributed by atoms with E-state index in [0.29, 0.717) is 5.71 Å². The first kappa shape index (κ1) is 11.6. The molecule has 1 rings (SSSR count). The van der Waals surface area contributed by atoms with E-state index < -0.39 is 0 Å². The van der Waals surface area contributed by atoms with Crippen molar-refractivity contribution in [2.24, 2.45) is 5.16 Å². The van der Waals surface area contributed by atoms with Gasteiger partial charge in [0.2, 0.25) is 0 Å². The number of oxime groups is 1. The highest BCUT2D eigenvalue weighted by Crippen LogP contribution is 2.20. The minimum absolute atomic E-state index is 0.164. The van der Waals surface area contributed by atoms with Gasteiger partial charge in [-0.15, -0.1) is 0 Å². The summed E-state index contributed by atoms with van der Waals surface area (Å²) in [6, 6.07) is 7.57. The molecule has 3 nitrogen and oxygen atoms in total. The van der Waals surface area contributed by atoms with Gasteiger partial charge >= 0.3 is 0 Å². The number of nitrogens with zero attached hydrogens (tertiary/aromatic N) is 1. The molecule has 1 aromatic carbocycles. The Morgan fingerprint density at radius 1 is 1.47 bits per heavy atom. The first-order valence-electron chi connectivity index (χ1n) is 5.13. The molecule has 0 aliphatic carbocycles. The maximum absolute atomic E-state index is 8.74. The maximum atomic E-state index is 8.74. The number of para-hydroxylation sites is 1. The van der Waals surface area contributed by atoms with E-state index in [-0.39, 0.29) is 6.10 Å². The van der Waals surface area contributed by atoms with Gasteiger partial charge in [0.05, 0.1) is 11.8 Å². The van der Waals surface area contributed by atoms with Gasteiger partial charge in [0.25, 0.3) is 0 Å². The Bertz CT molecular complexity index is 347. The molecule has 1 N–H and O–H groups in total. The molecule has 0 heterocycles. The Morgan fingerprint density at radius 2 is 2.13 bits per heavy atom. The highest BCUT2D eigenvalue weighted by Gasteiger charge is 2.08. The molecular weight excluding hydrogens is 190 g/mol. The van der Waals surface area contributed by atoms with Crippen molar-refractivity contribution in [1.29, 1.82) is 0 Å². The van der Waals surface area contributed by atoms with Crippen molar-refractivity contribution in [3.05, 3.63) is 29.8 Å². The molecule has 0 bridgehead atoms. The summed E-state index contributed by atoms with van der Waals surface area (Å²) in [5.41, 5.74) is 1.40. The maximum Gasteiger partial charge on any atom is 0.128 e. The molecule has 0 aliphatic heterocycles. The summed E-state index contributed by atoms with van der Waals surface area (Å²) in [7, 11) is 0. The monoisotopic (exact) mass is 207 g/mol. The zero-order valence-electron chi connectivity index (χ0n) is 9.40. The van der Waals surface area contributed by atoms with Crippen LogP contribution in [0.15, 0.2) is 29.4 Å². The van der Waals surface area contributed by atoms with Gasteiger partial charge < -0.3 is 9.94 Å². The second kappa shape index (κ2) is 5.39. The molecular formula is C12H17NO2. The van der Waals surface area contributed by atoms with Crippen molar-refractivity contribution in [3.8, 4) is 5.75 Å². The van der Waals surface area contributed by atoms with Crippen LogP contribution in [-0.4, -0.2) is 17.0 Å². The minimum Gasteiger partial charge on any atom is -0.490 e. The molecule has 3 heteroatoms. The van der Waals surface area contributed by atoms with Crippen LogP contribution < -0.4 is 4.74 Å². The van der Waals surface area contributed by atoms with Crippen molar-refractivity contribution in [3.63, 3.8) is 0 Å². The Morgan fingerprint density at radius 3 is 2.73 bits per heavy atom. The van der Waals surface area contributed by atoms with Crippen LogP contribution in [0.5, 0.6) is 5.75 Å². The molecule has 82 valence electrons. The average Bonchev–Trinajstić information content (AvgIpc) is 2.28. The van der Waals surface area contributed by atoms with E-state index >= 15 is 0 Å². The lowest BCUT2D eigenvalue weighted by molar-refractivity contribution is 0.217. The van der Waals surface area contributed by atoms with Gasteiger partial charge in [-0.25, -0.2) is 0 Å². The summed E-state index contributed by atoms with van der Waals surface area (Å²) in [4.78, 5) is 0. The molecule has 0 aromatic heterocycles. The molecule has 0 spiro atoms. The van der Waals surface area contributed by atoms with Crippen LogP contribution in [0.3, 0.4) is 0 Å². The molecule has 15 heavy (non-hydrogen) atoms. The minimum atomic E-state index is 0.164. The first-order chi connectivity index (χ1) is 7.19. The van der Waals surface area contributed by atoms with E-state index in [1.807, 2.05) is 31.2 Å². The van der Waals surface area contributed by atoms with Crippen LogP contribution >= 0.6 is 0 Å². The van der Waals surface area contributed by atoms with Gasteiger partial charge in [-0.3, -0.25) is 0 Å². The largest absolute Gasteiger partial charge is 0.490 e. The van der Waals surface area contributed by atoms with Crippen LogP contribution in [0, 0.1) is 0 Å². The lowest BCUT2D eigenvalue weighted by atomic mass is 10.1. The SMILES string of the molecule is CCC(C)Oc1ccccc1/C(C)=N/O. The third-order valence-corrected chi connectivity index (χ3v) is 2.33. The van der Waals surface area contributed by atoms with Crippen molar-refractivity contribution < 1.29 is 9.94 Å². The Labute approximate surface area is 90.4 Å². The molecule has 0 saturated heterocycles. The zero-order valence-corrected chi connectivity index (χ0v) is 9.40. The lowest BCUT2D eigenvalue weighted by Crippen LogP contribution is -2.12. The number of hydrogen-bond acceptors (Lipinski definition) is 3. The van der Waals surface area contributed by atoms with Crippen molar-refractivity contribution >= 4 is 5.71 Å². The van der Waals surface area contributed by atoms with Crippen molar-refractivity contribution in [2.75, 3.05) is 0 Å². The second-order valence-electron chi connectivity index (χ2n) is 3.52. The molecule has 0 saturated carbocycles. The van der Waals surface area contributed by atoms with Gasteiger partial charge in [0.15, 0.2) is 0 Å². The number of rotatable bonds is 4. The van der Waals surface area contributed by atoms with Crippen LogP contribution in [0.1, 0.15) is 32.8 Å². The summed E-state index contributed by atoms with van der Waals surface area (Å²) < 4.78 is 5.73. The first-order valence-corrected chi connectivity index (χ1v) is 5.13. The summed E-state index contributed by atoms with van der Waals surface area (Å²) >= 11 is 0. The smallest absolute Gasteiger partial charge is 0.128 e. The third kappa shape index (κ3) is 2.98. The van der Waals surface area contributed by atoms with E-state index in [0.717, 1.165) is 17.7 Å². The van der Waals surface area contributed by atoms with Gasteiger partial charge in [0.1, 0.15) is 5.75 Å². The van der Waals surface area contributed by atoms with Gasteiger partial charge in [0, 0.05) is 5.56 Å². The van der Waals surface area contributed by atoms with E-state index in [1.54, 1.807) is 6.92 Å². The fourth-order valence-electron chi connectivity index (χ4n) is 1.22. The Hall–Kier alpha value is -1.51. The summed E-state index contributed by atoms with van der Waals surface area (Å²) in [5.74, 6) is 0.766. The van der Waals surface area contributed by atoms with E-state index in [1.165, 1.54) is 0 Å². The summed E-state index contributed by atoms with van der Waals surface area (Å²) in [5, 5.41) is 11.9. The Kier molecular flexibility index (Phi) is 4.16. The van der Waals surface area contributed by atoms with Crippen LogP contribution in [0.4, 0.5) is 0 Å². The number of hydrogen-bond donors (Lipinski definition) is 1. The molecule has 1 unspecified atom stereocenters. The van der Waals surface area contributed by atoms with Crippen LogP contribution in [0.25, 0.3) is 0 Å². The lowest BCUT2D eigenvalue weighted by Gasteiger charge is -2.15. The quantitative estimate of drug-likeness (QED) is 0.468. The predicted octanol–water partition coefficient (Wildman–Crippen LogP) is 3.06. The number of ether oxygens (including phenoxy) is 1. The average molecular weight is 207 g/mol. The van der Waals surface area contributed by atoms with Crippen LogP contribution in [0.2, 0.25) is 0 Å². The highest BCUT2D eigenvalue weighted by molar-refractivity contribution is 6.00. The van der Waals surface area contributed by atoms with Gasteiger partial charge in [-0.2, -0.15) is 0 Å². The molecule has 1 aromatic rings. The highest BCUT2D eigenvalue weighted by atomic mass is 16.5. The number of benzene rings is 1. The molecule has 0 amide bonds. The zero-order chi connectivity index (χ0) is 11.3. The summed E-state index contributed by atoms with van der Waals surface area (Å²) in [6.45, 7) is 5.83. The Balaban J connectivity index is 2.96. The van der Waals surface area contributed by atoms with E-state index in [9.17, 15) is 0 Å². The molecule has 0 radical (unpaired) electrons. The molecule has 1 atom stereocenters. The fraction of sp³-hybridized carbons (Fsp3) is 0.417. The standard InChI is InChI=1S/C12H17NO2/c1-4-9(2)15-12-8-6-5-7-11(12)10(3)13-14/h5-9,14H,4H2,1-3H3/b13-10+. The van der Waals surface area contributed by atoms with Crippen LogP contribution in [-0.2, 0) is 0 Å². The van der Waals surface area contributed by atoms with E-state index in [2.05, 4.69) is 12.1 Å². The normalized spacial score (nSPS) is 13.7. The third-order valence-electron chi connectivity index (χ3n) is 2.33.